The average Bonchev–Trinajstić information content (AvgIpc) is 2.68. The van der Waals surface area contributed by atoms with E-state index in [1.54, 1.807) is 23.0 Å². The molecule has 3 rings (SSSR count). The summed E-state index contributed by atoms with van der Waals surface area (Å²) in [5.74, 6) is 2.84. The van der Waals surface area contributed by atoms with Crippen LogP contribution in [0.25, 0.3) is 11.1 Å². The number of hydrogen-bond acceptors (Lipinski definition) is 2. The van der Waals surface area contributed by atoms with E-state index in [4.69, 9.17) is 22.8 Å². The summed E-state index contributed by atoms with van der Waals surface area (Å²) in [7, 11) is 0. The first kappa shape index (κ1) is 16.9. The fourth-order valence-corrected chi connectivity index (χ4v) is 2.63. The van der Waals surface area contributed by atoms with E-state index in [0.29, 0.717) is 17.7 Å². The maximum absolute atomic E-state index is 12.8. The van der Waals surface area contributed by atoms with Crippen LogP contribution >= 0.6 is 11.6 Å². The van der Waals surface area contributed by atoms with Crippen LogP contribution < -0.4 is 10.2 Å². The third kappa shape index (κ3) is 3.93. The number of ether oxygens (including phenoxy) is 1. The van der Waals surface area contributed by atoms with Crippen LogP contribution in [0.1, 0.15) is 11.1 Å². The number of benzene rings is 2. The van der Waals surface area contributed by atoms with Crippen LogP contribution in [0, 0.1) is 12.3 Å². The lowest BCUT2D eigenvalue weighted by atomic mass is 10.0. The molecule has 0 fully saturated rings. The van der Waals surface area contributed by atoms with Crippen LogP contribution in [0.5, 0.6) is 5.75 Å². The Hall–Kier alpha value is -2.96. The van der Waals surface area contributed by atoms with Crippen molar-refractivity contribution in [3.8, 4) is 29.2 Å². The van der Waals surface area contributed by atoms with Crippen molar-refractivity contribution in [3.05, 3.63) is 88.3 Å². The van der Waals surface area contributed by atoms with Crippen molar-refractivity contribution in [3.63, 3.8) is 0 Å². The summed E-state index contributed by atoms with van der Waals surface area (Å²) in [6, 6.07) is 17.2. The average molecular weight is 350 g/mol. The lowest BCUT2D eigenvalue weighted by Crippen LogP contribution is -2.14. The predicted octanol–water partition coefficient (Wildman–Crippen LogP) is 4.27. The van der Waals surface area contributed by atoms with Crippen molar-refractivity contribution in [2.24, 2.45) is 0 Å². The van der Waals surface area contributed by atoms with E-state index < -0.39 is 0 Å². The highest BCUT2D eigenvalue weighted by atomic mass is 35.5. The lowest BCUT2D eigenvalue weighted by Gasteiger charge is -2.12. The zero-order valence-corrected chi connectivity index (χ0v) is 14.2. The van der Waals surface area contributed by atoms with Crippen molar-refractivity contribution in [2.75, 3.05) is 0 Å². The van der Waals surface area contributed by atoms with E-state index >= 15 is 0 Å². The molecular formula is C21H16ClNO2. The smallest absolute Gasteiger partial charge is 0.231 e. The highest BCUT2D eigenvalue weighted by Gasteiger charge is 2.11. The first-order valence-electron chi connectivity index (χ1n) is 7.75. The maximum atomic E-state index is 12.8. The van der Waals surface area contributed by atoms with Crippen LogP contribution in [-0.2, 0) is 12.6 Å². The molecule has 4 heteroatoms. The summed E-state index contributed by atoms with van der Waals surface area (Å²) in [6.07, 6.45) is 8.78. The molecule has 0 bridgehead atoms. The molecule has 0 aliphatic rings. The molecule has 1 aromatic heterocycles. The summed E-state index contributed by atoms with van der Waals surface area (Å²) >= 11 is 5.96. The molecule has 0 unspecified atom stereocenters. The predicted molar refractivity (Wildman–Crippen MR) is 101 cm³/mol. The lowest BCUT2D eigenvalue weighted by molar-refractivity contribution is 0.301. The number of pyridine rings is 1. The molecular weight excluding hydrogens is 334 g/mol. The molecule has 1 heterocycles. The number of hydrogen-bond donors (Lipinski definition) is 0. The molecule has 0 aliphatic heterocycles. The topological polar surface area (TPSA) is 31.2 Å². The van der Waals surface area contributed by atoms with E-state index in [0.717, 1.165) is 11.1 Å². The first-order chi connectivity index (χ1) is 12.2. The van der Waals surface area contributed by atoms with Gasteiger partial charge < -0.3 is 9.30 Å². The van der Waals surface area contributed by atoms with Gasteiger partial charge in [0.25, 0.3) is 0 Å². The van der Waals surface area contributed by atoms with Crippen molar-refractivity contribution in [2.45, 2.75) is 12.6 Å². The molecule has 25 heavy (non-hydrogen) atoms. The minimum atomic E-state index is -0.188. The molecule has 0 radical (unpaired) electrons. The largest absolute Gasteiger partial charge is 0.483 e. The van der Waals surface area contributed by atoms with Gasteiger partial charge in [0.15, 0.2) is 5.75 Å². The fraction of sp³-hybridized carbons (Fsp3) is 0.0952. The van der Waals surface area contributed by atoms with E-state index in [1.807, 2.05) is 48.5 Å². The molecule has 124 valence electrons. The highest BCUT2D eigenvalue weighted by Crippen LogP contribution is 2.20. The molecule has 0 atom stereocenters. The normalized spacial score (nSPS) is 10.2. The summed E-state index contributed by atoms with van der Waals surface area (Å²) in [5.41, 5.74) is 2.75. The van der Waals surface area contributed by atoms with Gasteiger partial charge in [-0.25, -0.2) is 0 Å². The van der Waals surface area contributed by atoms with E-state index in [2.05, 4.69) is 5.92 Å². The van der Waals surface area contributed by atoms with Gasteiger partial charge in [-0.05, 0) is 23.3 Å². The Morgan fingerprint density at radius 3 is 2.60 bits per heavy atom. The Morgan fingerprint density at radius 1 is 1.08 bits per heavy atom. The molecule has 0 saturated heterocycles. The SMILES string of the molecule is C#Cc1cccc(-c2cn(CCl)cc(OCc3ccccc3)c2=O)c1. The summed E-state index contributed by atoms with van der Waals surface area (Å²) < 4.78 is 7.46. The van der Waals surface area contributed by atoms with E-state index in [-0.39, 0.29) is 17.2 Å². The third-order valence-electron chi connectivity index (χ3n) is 3.76. The highest BCUT2D eigenvalue weighted by molar-refractivity contribution is 6.15. The Bertz CT molecular complexity index is 971. The molecule has 0 amide bonds. The van der Waals surface area contributed by atoms with Gasteiger partial charge in [0.1, 0.15) is 6.61 Å². The van der Waals surface area contributed by atoms with Gasteiger partial charge in [-0.3, -0.25) is 4.79 Å². The van der Waals surface area contributed by atoms with Crippen molar-refractivity contribution < 1.29 is 4.74 Å². The quantitative estimate of drug-likeness (QED) is 0.508. The van der Waals surface area contributed by atoms with Crippen molar-refractivity contribution in [1.29, 1.82) is 0 Å². The van der Waals surface area contributed by atoms with Crippen molar-refractivity contribution >= 4 is 11.6 Å². The van der Waals surface area contributed by atoms with Crippen LogP contribution in [-0.4, -0.2) is 4.57 Å². The molecule has 0 spiro atoms. The van der Waals surface area contributed by atoms with Gasteiger partial charge in [0.2, 0.25) is 5.43 Å². The van der Waals surface area contributed by atoms with E-state index in [1.165, 1.54) is 0 Å². The van der Waals surface area contributed by atoms with Gasteiger partial charge in [-0.2, -0.15) is 0 Å². The molecule has 3 aromatic rings. The fourth-order valence-electron chi connectivity index (χ4n) is 2.49. The standard InChI is InChI=1S/C21H16ClNO2/c1-2-16-9-6-10-18(11-16)19-12-23(15-22)13-20(21(19)24)25-14-17-7-4-3-5-8-17/h1,3-13H,14-15H2. The number of alkyl halides is 1. The third-order valence-corrected chi connectivity index (χ3v) is 4.04. The summed E-state index contributed by atoms with van der Waals surface area (Å²) in [4.78, 5) is 12.8. The Balaban J connectivity index is 1.99. The number of aromatic nitrogens is 1. The minimum absolute atomic E-state index is 0.188. The number of halogens is 1. The number of rotatable bonds is 5. The second-order valence-electron chi connectivity index (χ2n) is 5.50. The zero-order chi connectivity index (χ0) is 17.6. The summed E-state index contributed by atoms with van der Waals surface area (Å²) in [6.45, 7) is 0.312. The maximum Gasteiger partial charge on any atom is 0.231 e. The van der Waals surface area contributed by atoms with Crippen molar-refractivity contribution in [1.82, 2.24) is 4.57 Å². The van der Waals surface area contributed by atoms with Crippen LogP contribution in [0.2, 0.25) is 0 Å². The Kier molecular flexibility index (Phi) is 5.23. The molecule has 0 aliphatic carbocycles. The first-order valence-corrected chi connectivity index (χ1v) is 8.28. The van der Waals surface area contributed by atoms with Crippen LogP contribution in [0.15, 0.2) is 71.8 Å². The van der Waals surface area contributed by atoms with Crippen LogP contribution in [0.4, 0.5) is 0 Å². The molecule has 0 N–H and O–H groups in total. The van der Waals surface area contributed by atoms with Gasteiger partial charge >= 0.3 is 0 Å². The van der Waals surface area contributed by atoms with Gasteiger partial charge in [0, 0.05) is 17.3 Å². The number of nitrogens with zero attached hydrogens (tertiary/aromatic N) is 1. The second kappa shape index (κ2) is 7.74. The molecule has 3 nitrogen and oxygen atoms in total. The Morgan fingerprint density at radius 2 is 1.88 bits per heavy atom. The number of terminal acetylenes is 1. The van der Waals surface area contributed by atoms with Crippen LogP contribution in [0.3, 0.4) is 0 Å². The van der Waals surface area contributed by atoms with Gasteiger partial charge in [0.05, 0.1) is 12.2 Å². The zero-order valence-electron chi connectivity index (χ0n) is 13.5. The molecule has 0 saturated carbocycles. The van der Waals surface area contributed by atoms with E-state index in [9.17, 15) is 4.79 Å². The summed E-state index contributed by atoms with van der Waals surface area (Å²) in [5, 5.41) is 0. The van der Waals surface area contributed by atoms with Gasteiger partial charge in [-0.15, -0.1) is 18.0 Å². The second-order valence-corrected chi connectivity index (χ2v) is 5.74. The minimum Gasteiger partial charge on any atom is -0.483 e. The Labute approximate surface area is 151 Å². The molecule has 2 aromatic carbocycles. The van der Waals surface area contributed by atoms with Gasteiger partial charge in [-0.1, -0.05) is 48.4 Å². The monoisotopic (exact) mass is 349 g/mol.